The van der Waals surface area contributed by atoms with Gasteiger partial charge in [0.25, 0.3) is 0 Å². The highest BCUT2D eigenvalue weighted by Crippen LogP contribution is 2.04. The van der Waals surface area contributed by atoms with Crippen molar-refractivity contribution in [2.24, 2.45) is 0 Å². The average Bonchev–Trinajstić information content (AvgIpc) is 2.33. The summed E-state index contributed by atoms with van der Waals surface area (Å²) in [5.74, 6) is -0.227. The molecule has 1 aliphatic heterocycles. The third kappa shape index (κ3) is 3.29. The van der Waals surface area contributed by atoms with Crippen LogP contribution < -0.4 is 5.32 Å². The summed E-state index contributed by atoms with van der Waals surface area (Å²) in [7, 11) is 0. The van der Waals surface area contributed by atoms with Gasteiger partial charge in [0.05, 0.1) is 6.61 Å². The number of benzene rings is 1. The lowest BCUT2D eigenvalue weighted by Gasteiger charge is -2.26. The SMILES string of the molecule is O=C1CCN(COCc2ccccc2)C(=O)N1. The molecule has 0 aliphatic carbocycles. The largest absolute Gasteiger partial charge is 0.356 e. The molecule has 1 aromatic rings. The number of ether oxygens (including phenoxy) is 1. The molecule has 1 heterocycles. The van der Waals surface area contributed by atoms with Crippen molar-refractivity contribution in [3.63, 3.8) is 0 Å². The number of urea groups is 1. The van der Waals surface area contributed by atoms with E-state index in [0.717, 1.165) is 5.56 Å². The molecular formula is C12H14N2O3. The lowest BCUT2D eigenvalue weighted by Crippen LogP contribution is -2.50. The van der Waals surface area contributed by atoms with Crippen LogP contribution in [0.15, 0.2) is 30.3 Å². The second-order valence-electron chi connectivity index (χ2n) is 3.83. The van der Waals surface area contributed by atoms with E-state index in [9.17, 15) is 9.59 Å². The van der Waals surface area contributed by atoms with E-state index >= 15 is 0 Å². The highest BCUT2D eigenvalue weighted by molar-refractivity contribution is 5.96. The molecule has 2 rings (SSSR count). The molecule has 0 bridgehead atoms. The molecule has 17 heavy (non-hydrogen) atoms. The van der Waals surface area contributed by atoms with E-state index in [1.54, 1.807) is 0 Å². The monoisotopic (exact) mass is 234 g/mol. The van der Waals surface area contributed by atoms with Crippen LogP contribution in [-0.2, 0) is 16.1 Å². The Labute approximate surface area is 99.4 Å². The minimum absolute atomic E-state index is 0.202. The van der Waals surface area contributed by atoms with Crippen molar-refractivity contribution >= 4 is 11.9 Å². The first-order chi connectivity index (χ1) is 8.25. The maximum atomic E-state index is 11.4. The van der Waals surface area contributed by atoms with Crippen molar-refractivity contribution in [2.45, 2.75) is 13.0 Å². The van der Waals surface area contributed by atoms with Gasteiger partial charge in [-0.15, -0.1) is 0 Å². The van der Waals surface area contributed by atoms with E-state index in [4.69, 9.17) is 4.74 Å². The smallest absolute Gasteiger partial charge is 0.325 e. The zero-order valence-corrected chi connectivity index (χ0v) is 9.39. The number of hydrogen-bond donors (Lipinski definition) is 1. The number of amides is 3. The number of carbonyl (C=O) groups excluding carboxylic acids is 2. The Hall–Kier alpha value is -1.88. The van der Waals surface area contributed by atoms with Gasteiger partial charge in [-0.05, 0) is 5.56 Å². The van der Waals surface area contributed by atoms with Crippen LogP contribution in [0.1, 0.15) is 12.0 Å². The van der Waals surface area contributed by atoms with E-state index < -0.39 is 0 Å². The van der Waals surface area contributed by atoms with Gasteiger partial charge in [-0.1, -0.05) is 30.3 Å². The highest BCUT2D eigenvalue weighted by Gasteiger charge is 2.22. The number of carbonyl (C=O) groups is 2. The molecule has 5 heteroatoms. The van der Waals surface area contributed by atoms with Gasteiger partial charge in [-0.25, -0.2) is 4.79 Å². The van der Waals surface area contributed by atoms with E-state index in [2.05, 4.69) is 5.32 Å². The molecule has 0 radical (unpaired) electrons. The Bertz CT molecular complexity index is 405. The highest BCUT2D eigenvalue weighted by atomic mass is 16.5. The van der Waals surface area contributed by atoms with Crippen molar-refractivity contribution in [3.05, 3.63) is 35.9 Å². The maximum Gasteiger partial charge on any atom is 0.325 e. The summed E-state index contributed by atoms with van der Waals surface area (Å²) in [5, 5.41) is 2.25. The topological polar surface area (TPSA) is 58.6 Å². The number of hydrogen-bond acceptors (Lipinski definition) is 3. The first-order valence-corrected chi connectivity index (χ1v) is 5.46. The zero-order chi connectivity index (χ0) is 12.1. The van der Waals surface area contributed by atoms with Crippen LogP contribution in [0, 0.1) is 0 Å². The molecule has 5 nitrogen and oxygen atoms in total. The fourth-order valence-electron chi connectivity index (χ4n) is 1.57. The fraction of sp³-hybridized carbons (Fsp3) is 0.333. The standard InChI is InChI=1S/C12H14N2O3/c15-11-6-7-14(12(16)13-11)9-17-8-10-4-2-1-3-5-10/h1-5H,6-9H2,(H,13,15,16). The molecule has 0 atom stereocenters. The lowest BCUT2D eigenvalue weighted by atomic mass is 10.2. The molecule has 3 amide bonds. The van der Waals surface area contributed by atoms with Gasteiger partial charge in [0.2, 0.25) is 5.91 Å². The van der Waals surface area contributed by atoms with E-state index in [1.807, 2.05) is 30.3 Å². The van der Waals surface area contributed by atoms with Crippen molar-refractivity contribution in [1.29, 1.82) is 0 Å². The summed E-state index contributed by atoms with van der Waals surface area (Å²) in [6, 6.07) is 9.34. The second kappa shape index (κ2) is 5.45. The molecule has 1 fully saturated rings. The molecule has 1 aromatic carbocycles. The van der Waals surface area contributed by atoms with Gasteiger partial charge in [-0.3, -0.25) is 10.1 Å². The Morgan fingerprint density at radius 2 is 2.00 bits per heavy atom. The summed E-state index contributed by atoms with van der Waals surface area (Å²) in [6.07, 6.45) is 0.334. The van der Waals surface area contributed by atoms with Crippen LogP contribution in [0.5, 0.6) is 0 Å². The summed E-state index contributed by atoms with van der Waals surface area (Å²) in [5.41, 5.74) is 1.06. The Morgan fingerprint density at radius 1 is 1.24 bits per heavy atom. The van der Waals surface area contributed by atoms with Gasteiger partial charge in [-0.2, -0.15) is 0 Å². The van der Waals surface area contributed by atoms with Crippen LogP contribution in [0.4, 0.5) is 4.79 Å². The summed E-state index contributed by atoms with van der Waals surface area (Å²) >= 11 is 0. The summed E-state index contributed by atoms with van der Waals surface area (Å²) < 4.78 is 5.42. The lowest BCUT2D eigenvalue weighted by molar-refractivity contribution is -0.122. The minimum atomic E-state index is -0.380. The number of imide groups is 1. The van der Waals surface area contributed by atoms with Gasteiger partial charge in [0.1, 0.15) is 6.73 Å². The average molecular weight is 234 g/mol. The Morgan fingerprint density at radius 3 is 2.71 bits per heavy atom. The molecule has 0 saturated carbocycles. The summed E-state index contributed by atoms with van der Waals surface area (Å²) in [6.45, 7) is 1.08. The third-order valence-electron chi connectivity index (χ3n) is 2.50. The van der Waals surface area contributed by atoms with Crippen LogP contribution in [0.2, 0.25) is 0 Å². The van der Waals surface area contributed by atoms with Crippen LogP contribution >= 0.6 is 0 Å². The van der Waals surface area contributed by atoms with Gasteiger partial charge in [0, 0.05) is 13.0 Å². The molecular weight excluding hydrogens is 220 g/mol. The number of nitrogens with one attached hydrogen (secondary N) is 1. The Balaban J connectivity index is 1.75. The van der Waals surface area contributed by atoms with Crippen molar-refractivity contribution < 1.29 is 14.3 Å². The van der Waals surface area contributed by atoms with Gasteiger partial charge < -0.3 is 9.64 Å². The molecule has 1 saturated heterocycles. The molecule has 0 unspecified atom stereocenters. The predicted octanol–water partition coefficient (Wildman–Crippen LogP) is 1.10. The van der Waals surface area contributed by atoms with Crippen molar-refractivity contribution in [2.75, 3.05) is 13.3 Å². The fourth-order valence-corrected chi connectivity index (χ4v) is 1.57. The van der Waals surface area contributed by atoms with Crippen molar-refractivity contribution in [1.82, 2.24) is 10.2 Å². The molecule has 90 valence electrons. The van der Waals surface area contributed by atoms with E-state index in [-0.39, 0.29) is 18.7 Å². The normalized spacial score (nSPS) is 15.9. The maximum absolute atomic E-state index is 11.4. The number of nitrogens with zero attached hydrogens (tertiary/aromatic N) is 1. The van der Waals surface area contributed by atoms with Crippen LogP contribution in [0.3, 0.4) is 0 Å². The third-order valence-corrected chi connectivity index (χ3v) is 2.50. The van der Waals surface area contributed by atoms with Crippen molar-refractivity contribution in [3.8, 4) is 0 Å². The predicted molar refractivity (Wildman–Crippen MR) is 61.0 cm³/mol. The number of rotatable bonds is 4. The first-order valence-electron chi connectivity index (χ1n) is 5.46. The first kappa shape index (κ1) is 11.6. The van der Waals surface area contributed by atoms with Crippen LogP contribution in [0.25, 0.3) is 0 Å². The Kier molecular flexibility index (Phi) is 3.72. The summed E-state index contributed by atoms with van der Waals surface area (Å²) in [4.78, 5) is 23.8. The quantitative estimate of drug-likeness (QED) is 0.848. The molecule has 0 spiro atoms. The van der Waals surface area contributed by atoms with E-state index in [1.165, 1.54) is 4.90 Å². The molecule has 1 aliphatic rings. The van der Waals surface area contributed by atoms with Gasteiger partial charge >= 0.3 is 6.03 Å². The van der Waals surface area contributed by atoms with Crippen LogP contribution in [-0.4, -0.2) is 30.1 Å². The molecule has 1 N–H and O–H groups in total. The second-order valence-corrected chi connectivity index (χ2v) is 3.83. The van der Waals surface area contributed by atoms with Gasteiger partial charge in [0.15, 0.2) is 0 Å². The van der Waals surface area contributed by atoms with E-state index in [0.29, 0.717) is 19.6 Å². The molecule has 0 aromatic heterocycles. The zero-order valence-electron chi connectivity index (χ0n) is 9.39. The minimum Gasteiger partial charge on any atom is -0.356 e.